The first-order valence-electron chi connectivity index (χ1n) is 13.7. The fourth-order valence-electron chi connectivity index (χ4n) is 5.39. The van der Waals surface area contributed by atoms with Gasteiger partial charge in [-0.2, -0.15) is 0 Å². The van der Waals surface area contributed by atoms with Gasteiger partial charge in [0, 0.05) is 9.49 Å². The second-order valence-electron chi connectivity index (χ2n) is 10.6. The fourth-order valence-corrected chi connectivity index (χ4v) is 8.65. The Labute approximate surface area is 232 Å². The van der Waals surface area contributed by atoms with Crippen molar-refractivity contribution in [3.63, 3.8) is 0 Å². The molecule has 4 saturated heterocycles. The van der Waals surface area contributed by atoms with E-state index in [1.807, 2.05) is 0 Å². The Kier molecular flexibility index (Phi) is 5.06. The molecule has 12 nitrogen and oxygen atoms in total. The second-order valence-corrected chi connectivity index (χ2v) is 14.1. The Morgan fingerprint density at radius 3 is 1.95 bits per heavy atom. The zero-order valence-corrected chi connectivity index (χ0v) is 22.4. The number of carboxylic acids is 1. The molecule has 0 unspecified atom stereocenters. The number of carboxylic acid groups (broad SMARTS) is 1. The first-order chi connectivity index (χ1) is 19.3. The maximum atomic E-state index is 13.5. The van der Waals surface area contributed by atoms with Crippen LogP contribution >= 0.6 is 23.5 Å². The summed E-state index contributed by atoms with van der Waals surface area (Å²) in [5, 5.41) is 23.3. The number of nitrogens with one attached hydrogen (secondary N) is 2. The van der Waals surface area contributed by atoms with Gasteiger partial charge in [-0.1, -0.05) is 12.1 Å². The predicted octanol–water partition coefficient (Wildman–Crippen LogP) is -0.429. The van der Waals surface area contributed by atoms with Gasteiger partial charge >= 0.3 is 5.97 Å². The number of aliphatic carboxylic acids is 1. The van der Waals surface area contributed by atoms with Gasteiger partial charge in [-0.25, -0.2) is 4.79 Å². The lowest BCUT2D eigenvalue weighted by molar-refractivity contribution is -0.162. The van der Waals surface area contributed by atoms with Gasteiger partial charge < -0.3 is 36.4 Å². The van der Waals surface area contributed by atoms with Gasteiger partial charge in [-0.15, -0.1) is 23.5 Å². The van der Waals surface area contributed by atoms with E-state index in [0.29, 0.717) is 0 Å². The van der Waals surface area contributed by atoms with Crippen LogP contribution in [0.1, 0.15) is 44.8 Å². The van der Waals surface area contributed by atoms with Gasteiger partial charge in [0.25, 0.3) is 0 Å². The molecule has 0 aromatic heterocycles. The second kappa shape index (κ2) is 8.78. The number of nitrogens with two attached hydrogens (primary N) is 1. The third-order valence-corrected chi connectivity index (χ3v) is 10.3. The van der Waals surface area contributed by atoms with Crippen LogP contribution in [0, 0.1) is 0 Å². The number of hydrogen-bond acceptors (Lipinski definition) is 9. The van der Waals surface area contributed by atoms with Crippen molar-refractivity contribution in [1.82, 2.24) is 20.4 Å². The summed E-state index contributed by atoms with van der Waals surface area (Å²) in [6, 6.07) is -8.67. The third kappa shape index (κ3) is 3.92. The van der Waals surface area contributed by atoms with Crippen LogP contribution in [-0.4, -0.2) is 94.0 Å². The SMILES string of the molecule is [2H]c1c([2H])c([C@@H](N)C(=O)N[C@@H]2C(=O)N3[C@@H]2SC(C)(C)[C@@H]3C(=O)N[C@@H]2C(=O)N3[C@@H]2SC(C)(C)[C@@H]3C(=O)O)c([2H])c([2H])c1O. The minimum absolute atomic E-state index is 0.446. The number of rotatable bonds is 6. The lowest BCUT2D eigenvalue weighted by atomic mass is 9.93. The summed E-state index contributed by atoms with van der Waals surface area (Å²) in [5.41, 5.74) is 5.53. The lowest BCUT2D eigenvalue weighted by Crippen LogP contribution is -2.74. The van der Waals surface area contributed by atoms with Gasteiger partial charge in [0.05, 0.1) is 5.48 Å². The maximum Gasteiger partial charge on any atom is 0.327 e. The average molecular weight is 568 g/mol. The van der Waals surface area contributed by atoms with Crippen molar-refractivity contribution < 1.29 is 39.7 Å². The summed E-state index contributed by atoms with van der Waals surface area (Å²) in [6.07, 6.45) is 0. The number of amides is 4. The molecule has 0 spiro atoms. The highest BCUT2D eigenvalue weighted by atomic mass is 32.2. The number of phenolic OH excluding ortho intramolecular Hbond substituents is 1. The minimum Gasteiger partial charge on any atom is -0.508 e. The van der Waals surface area contributed by atoms with E-state index in [-0.39, 0.29) is 0 Å². The fraction of sp³-hybridized carbons (Fsp3) is 0.542. The van der Waals surface area contributed by atoms with Crippen molar-refractivity contribution >= 4 is 53.1 Å². The zero-order valence-electron chi connectivity index (χ0n) is 24.8. The van der Waals surface area contributed by atoms with Crippen LogP contribution in [0.25, 0.3) is 0 Å². The summed E-state index contributed by atoms with van der Waals surface area (Å²) in [4.78, 5) is 66.9. The van der Waals surface area contributed by atoms with Crippen molar-refractivity contribution in [3.8, 4) is 5.75 Å². The van der Waals surface area contributed by atoms with E-state index >= 15 is 0 Å². The molecule has 5 rings (SSSR count). The standard InChI is InChI=1S/C24H29N5O7S2/c1-23(2)14(17(32)27-13-19(34)29-15(22(35)36)24(3,4)38-21(13)29)28-18(33)12(20(28)37-23)26-16(31)11(25)9-5-7-10(30)8-6-9/h5-8,11-15,20-21,30H,25H2,1-4H3,(H,26,31)(H,27,32)(H,35,36)/t11-,12-,13-,14+,15+,20-,21-/m1/s1/i5D,6D,7D,8D. The molecule has 0 bridgehead atoms. The molecule has 4 amide bonds. The van der Waals surface area contributed by atoms with Crippen LogP contribution in [0.3, 0.4) is 0 Å². The first kappa shape index (κ1) is 21.9. The topological polar surface area (TPSA) is 182 Å². The van der Waals surface area contributed by atoms with Crippen LogP contribution in [0.4, 0.5) is 0 Å². The molecule has 4 fully saturated rings. The molecule has 1 aromatic carbocycles. The Balaban J connectivity index is 1.29. The first-order valence-corrected chi connectivity index (χ1v) is 13.5. The van der Waals surface area contributed by atoms with Gasteiger partial charge in [0.2, 0.25) is 23.6 Å². The number of aromatic hydroxyl groups is 1. The number of thioether (sulfide) groups is 2. The Morgan fingerprint density at radius 1 is 0.947 bits per heavy atom. The quantitative estimate of drug-likeness (QED) is 0.283. The number of carbonyl (C=O) groups is 5. The molecule has 4 aliphatic rings. The van der Waals surface area contributed by atoms with E-state index in [4.69, 9.17) is 11.2 Å². The minimum atomic E-state index is -1.69. The number of β-lactam (4-membered cyclic amide) rings is 2. The molecule has 7 atom stereocenters. The van der Waals surface area contributed by atoms with Crippen molar-refractivity contribution in [2.75, 3.05) is 0 Å². The highest BCUT2D eigenvalue weighted by Crippen LogP contribution is 2.53. The van der Waals surface area contributed by atoms with Crippen molar-refractivity contribution in [1.29, 1.82) is 0 Å². The number of carbonyl (C=O) groups excluding carboxylic acids is 4. The summed E-state index contributed by atoms with van der Waals surface area (Å²) in [7, 11) is 0. The Bertz CT molecular complexity index is 1430. The van der Waals surface area contributed by atoms with Crippen molar-refractivity contribution in [3.05, 3.63) is 29.7 Å². The normalized spacial score (nSPS) is 34.4. The third-order valence-electron chi connectivity index (χ3n) is 7.18. The highest BCUT2D eigenvalue weighted by Gasteiger charge is 2.67. The Morgan fingerprint density at radius 2 is 1.42 bits per heavy atom. The van der Waals surface area contributed by atoms with E-state index in [0.717, 1.165) is 0 Å². The van der Waals surface area contributed by atoms with Crippen LogP contribution in [0.15, 0.2) is 24.2 Å². The number of hydrogen-bond donors (Lipinski definition) is 5. The molecule has 204 valence electrons. The molecule has 4 heterocycles. The van der Waals surface area contributed by atoms with E-state index in [1.165, 1.54) is 33.3 Å². The van der Waals surface area contributed by atoms with Crippen LogP contribution in [-0.2, 0) is 24.0 Å². The largest absolute Gasteiger partial charge is 0.508 e. The number of fused-ring (bicyclic) bond motifs is 2. The number of phenols is 1. The van der Waals surface area contributed by atoms with E-state index in [2.05, 4.69) is 10.6 Å². The van der Waals surface area contributed by atoms with Crippen molar-refractivity contribution in [2.24, 2.45) is 5.73 Å². The van der Waals surface area contributed by atoms with Crippen LogP contribution in [0.5, 0.6) is 5.75 Å². The smallest absolute Gasteiger partial charge is 0.327 e. The van der Waals surface area contributed by atoms with Gasteiger partial charge in [-0.05, 0) is 45.3 Å². The van der Waals surface area contributed by atoms with E-state index in [9.17, 15) is 34.2 Å². The zero-order chi connectivity index (χ0) is 31.4. The summed E-state index contributed by atoms with van der Waals surface area (Å²) >= 11 is 2.53. The van der Waals surface area contributed by atoms with E-state index in [1.54, 1.807) is 27.7 Å². The number of nitrogens with zero attached hydrogens (tertiary/aromatic N) is 2. The van der Waals surface area contributed by atoms with Gasteiger partial charge in [0.15, 0.2) is 0 Å². The molecular weight excluding hydrogens is 534 g/mol. The molecule has 0 radical (unpaired) electrons. The van der Waals surface area contributed by atoms with Gasteiger partial charge in [0.1, 0.15) is 46.7 Å². The Hall–Kier alpha value is -2.97. The maximum absolute atomic E-state index is 13.5. The van der Waals surface area contributed by atoms with Gasteiger partial charge in [-0.3, -0.25) is 19.2 Å². The molecule has 6 N–H and O–H groups in total. The molecule has 1 aromatic rings. The number of benzene rings is 1. The summed E-state index contributed by atoms with van der Waals surface area (Å²) in [5.74, 6) is -4.66. The van der Waals surface area contributed by atoms with Crippen LogP contribution in [0.2, 0.25) is 0 Å². The molecule has 38 heavy (non-hydrogen) atoms. The van der Waals surface area contributed by atoms with Crippen LogP contribution < -0.4 is 16.4 Å². The van der Waals surface area contributed by atoms with E-state index < -0.39 is 116 Å². The highest BCUT2D eigenvalue weighted by molar-refractivity contribution is 8.02. The molecule has 0 aliphatic carbocycles. The lowest BCUT2D eigenvalue weighted by Gasteiger charge is -2.46. The monoisotopic (exact) mass is 567 g/mol. The molecule has 0 saturated carbocycles. The molecular formula is C24H29N5O7S2. The summed E-state index contributed by atoms with van der Waals surface area (Å²) < 4.78 is 30.0. The average Bonchev–Trinajstić information content (AvgIpc) is 3.32. The molecule has 14 heteroatoms. The molecule has 4 aliphatic heterocycles. The predicted molar refractivity (Wildman–Crippen MR) is 139 cm³/mol. The van der Waals surface area contributed by atoms with Crippen molar-refractivity contribution in [2.45, 2.75) is 78.1 Å². The summed E-state index contributed by atoms with van der Waals surface area (Å²) in [6.45, 7) is 6.91.